The molecule has 1 aromatic heterocycles. The average Bonchev–Trinajstić information content (AvgIpc) is 2.28. The molecule has 0 aliphatic carbocycles. The van der Waals surface area contributed by atoms with Crippen LogP contribution in [0, 0.1) is 0 Å². The lowest BCUT2D eigenvalue weighted by Crippen LogP contribution is -2.28. The molecule has 0 fully saturated rings. The molecule has 0 aromatic carbocycles. The van der Waals surface area contributed by atoms with Crippen molar-refractivity contribution in [1.29, 1.82) is 0 Å². The lowest BCUT2D eigenvalue weighted by Gasteiger charge is -2.14. The number of methoxy groups -OCH3 is 1. The highest BCUT2D eigenvalue weighted by Gasteiger charge is 2.15. The van der Waals surface area contributed by atoms with Crippen molar-refractivity contribution in [1.82, 2.24) is 4.98 Å². The number of ether oxygens (including phenoxy) is 1. The average molecular weight is 224 g/mol. The van der Waals surface area contributed by atoms with E-state index in [-0.39, 0.29) is 0 Å². The third-order valence-corrected chi connectivity index (χ3v) is 2.16. The molecule has 0 aliphatic heterocycles. The lowest BCUT2D eigenvalue weighted by molar-refractivity contribution is -0.138. The summed E-state index contributed by atoms with van der Waals surface area (Å²) in [6, 6.07) is 2.82. The second-order valence-electron chi connectivity index (χ2n) is 3.41. The van der Waals surface area contributed by atoms with Crippen molar-refractivity contribution in [2.75, 3.05) is 12.4 Å². The van der Waals surface area contributed by atoms with Crippen molar-refractivity contribution in [3.63, 3.8) is 0 Å². The molecule has 0 spiro atoms. The van der Waals surface area contributed by atoms with Crippen molar-refractivity contribution in [2.24, 2.45) is 0 Å². The largest absolute Gasteiger partial charge is 0.481 e. The zero-order valence-corrected chi connectivity index (χ0v) is 9.43. The monoisotopic (exact) mass is 224 g/mol. The van der Waals surface area contributed by atoms with Crippen LogP contribution in [0.3, 0.4) is 0 Å². The second kappa shape index (κ2) is 5.95. The predicted octanol–water partition coefficient (Wildman–Crippen LogP) is 1.76. The fraction of sp³-hybridized carbons (Fsp3) is 0.455. The van der Waals surface area contributed by atoms with Gasteiger partial charge in [0.05, 0.1) is 7.11 Å². The third-order valence-electron chi connectivity index (χ3n) is 2.16. The number of nitrogens with one attached hydrogen (secondary N) is 1. The predicted molar refractivity (Wildman–Crippen MR) is 60.7 cm³/mol. The summed E-state index contributed by atoms with van der Waals surface area (Å²) in [5.41, 5.74) is 0.702. The van der Waals surface area contributed by atoms with Gasteiger partial charge in [0.1, 0.15) is 6.04 Å². The van der Waals surface area contributed by atoms with E-state index in [0.717, 1.165) is 6.42 Å². The van der Waals surface area contributed by atoms with E-state index in [9.17, 15) is 4.79 Å². The number of rotatable bonds is 6. The third kappa shape index (κ3) is 3.42. The van der Waals surface area contributed by atoms with Gasteiger partial charge in [-0.3, -0.25) is 0 Å². The van der Waals surface area contributed by atoms with Crippen LogP contribution in [0.1, 0.15) is 19.8 Å². The fourth-order valence-electron chi connectivity index (χ4n) is 1.36. The molecule has 5 nitrogen and oxygen atoms in total. The molecular formula is C11H16N2O3. The quantitative estimate of drug-likeness (QED) is 0.770. The van der Waals surface area contributed by atoms with E-state index in [1.807, 2.05) is 6.92 Å². The minimum Gasteiger partial charge on any atom is -0.481 e. The van der Waals surface area contributed by atoms with Gasteiger partial charge in [-0.05, 0) is 12.5 Å². The summed E-state index contributed by atoms with van der Waals surface area (Å²) in [5.74, 6) is -0.386. The van der Waals surface area contributed by atoms with Gasteiger partial charge in [-0.25, -0.2) is 9.78 Å². The van der Waals surface area contributed by atoms with Crippen LogP contribution < -0.4 is 10.1 Å². The highest BCUT2D eigenvalue weighted by atomic mass is 16.5. The number of hydrogen-bond donors (Lipinski definition) is 2. The van der Waals surface area contributed by atoms with E-state index in [1.54, 1.807) is 18.3 Å². The van der Waals surface area contributed by atoms with Crippen LogP contribution in [0.4, 0.5) is 5.69 Å². The second-order valence-corrected chi connectivity index (χ2v) is 3.41. The van der Waals surface area contributed by atoms with Gasteiger partial charge >= 0.3 is 5.97 Å². The SMILES string of the molecule is CCCC(Nc1ccnc(OC)c1)C(=O)O. The number of carboxylic acid groups (broad SMARTS) is 1. The van der Waals surface area contributed by atoms with Crippen molar-refractivity contribution in [2.45, 2.75) is 25.8 Å². The number of carbonyl (C=O) groups is 1. The van der Waals surface area contributed by atoms with E-state index >= 15 is 0 Å². The van der Waals surface area contributed by atoms with E-state index < -0.39 is 12.0 Å². The molecule has 1 aromatic rings. The van der Waals surface area contributed by atoms with Crippen LogP contribution in [0.2, 0.25) is 0 Å². The first-order valence-electron chi connectivity index (χ1n) is 5.16. The van der Waals surface area contributed by atoms with Gasteiger partial charge < -0.3 is 15.2 Å². The summed E-state index contributed by atoms with van der Waals surface area (Å²) in [6.45, 7) is 1.95. The Morgan fingerprint density at radius 2 is 2.44 bits per heavy atom. The topological polar surface area (TPSA) is 71.5 Å². The molecule has 1 unspecified atom stereocenters. The van der Waals surface area contributed by atoms with Gasteiger partial charge in [0.2, 0.25) is 5.88 Å². The van der Waals surface area contributed by atoms with Crippen LogP contribution in [-0.2, 0) is 4.79 Å². The maximum absolute atomic E-state index is 10.9. The molecule has 0 radical (unpaired) electrons. The molecule has 1 atom stereocenters. The zero-order valence-electron chi connectivity index (χ0n) is 9.43. The van der Waals surface area contributed by atoms with Crippen LogP contribution in [0.15, 0.2) is 18.3 Å². The first kappa shape index (κ1) is 12.3. The van der Waals surface area contributed by atoms with Crippen molar-refractivity contribution in [3.05, 3.63) is 18.3 Å². The Balaban J connectivity index is 2.72. The standard InChI is InChI=1S/C11H16N2O3/c1-3-4-9(11(14)15)13-8-5-6-12-10(7-8)16-2/h5-7,9H,3-4H2,1-2H3,(H,12,13)(H,14,15). The number of anilines is 1. The first-order valence-corrected chi connectivity index (χ1v) is 5.16. The summed E-state index contributed by atoms with van der Waals surface area (Å²) < 4.78 is 4.96. The summed E-state index contributed by atoms with van der Waals surface area (Å²) in [4.78, 5) is 14.9. The summed E-state index contributed by atoms with van der Waals surface area (Å²) >= 11 is 0. The lowest BCUT2D eigenvalue weighted by atomic mass is 10.1. The highest BCUT2D eigenvalue weighted by Crippen LogP contribution is 2.15. The van der Waals surface area contributed by atoms with E-state index in [2.05, 4.69) is 10.3 Å². The molecule has 88 valence electrons. The van der Waals surface area contributed by atoms with Gasteiger partial charge in [0, 0.05) is 18.0 Å². The summed E-state index contributed by atoms with van der Waals surface area (Å²) in [6.07, 6.45) is 2.97. The number of aliphatic carboxylic acids is 1. The number of carboxylic acids is 1. The Morgan fingerprint density at radius 3 is 3.00 bits per heavy atom. The zero-order chi connectivity index (χ0) is 12.0. The maximum atomic E-state index is 10.9. The Morgan fingerprint density at radius 1 is 1.69 bits per heavy atom. The maximum Gasteiger partial charge on any atom is 0.326 e. The highest BCUT2D eigenvalue weighted by molar-refractivity contribution is 5.77. The van der Waals surface area contributed by atoms with Crippen molar-refractivity contribution >= 4 is 11.7 Å². The molecule has 1 rings (SSSR count). The Kier molecular flexibility index (Phi) is 4.57. The van der Waals surface area contributed by atoms with Crippen LogP contribution in [0.25, 0.3) is 0 Å². The summed E-state index contributed by atoms with van der Waals surface area (Å²) in [5, 5.41) is 11.9. The van der Waals surface area contributed by atoms with Gasteiger partial charge in [-0.2, -0.15) is 0 Å². The normalized spacial score (nSPS) is 11.9. The Labute approximate surface area is 94.5 Å². The molecule has 0 saturated heterocycles. The van der Waals surface area contributed by atoms with Gasteiger partial charge in [0.15, 0.2) is 0 Å². The minimum atomic E-state index is -0.849. The minimum absolute atomic E-state index is 0.464. The van der Waals surface area contributed by atoms with E-state index in [0.29, 0.717) is 18.0 Å². The number of nitrogens with zero attached hydrogens (tertiary/aromatic N) is 1. The molecule has 2 N–H and O–H groups in total. The number of pyridine rings is 1. The molecule has 0 aliphatic rings. The Hall–Kier alpha value is -1.78. The molecule has 1 heterocycles. The van der Waals surface area contributed by atoms with Crippen molar-refractivity contribution in [3.8, 4) is 5.88 Å². The molecule has 0 bridgehead atoms. The van der Waals surface area contributed by atoms with Gasteiger partial charge in [-0.15, -0.1) is 0 Å². The Bertz CT molecular complexity index is 355. The molecule has 0 amide bonds. The number of hydrogen-bond acceptors (Lipinski definition) is 4. The molecule has 5 heteroatoms. The van der Waals surface area contributed by atoms with E-state index in [1.165, 1.54) is 7.11 Å². The summed E-state index contributed by atoms with van der Waals surface area (Å²) in [7, 11) is 1.52. The van der Waals surface area contributed by atoms with Crippen LogP contribution in [-0.4, -0.2) is 29.2 Å². The molecule has 0 saturated carbocycles. The van der Waals surface area contributed by atoms with Gasteiger partial charge in [0.25, 0.3) is 0 Å². The molecule has 16 heavy (non-hydrogen) atoms. The van der Waals surface area contributed by atoms with Crippen LogP contribution >= 0.6 is 0 Å². The molecular weight excluding hydrogens is 208 g/mol. The number of aromatic nitrogens is 1. The smallest absolute Gasteiger partial charge is 0.326 e. The fourth-order valence-corrected chi connectivity index (χ4v) is 1.36. The van der Waals surface area contributed by atoms with Crippen molar-refractivity contribution < 1.29 is 14.6 Å². The first-order chi connectivity index (χ1) is 7.67. The van der Waals surface area contributed by atoms with Crippen LogP contribution in [0.5, 0.6) is 5.88 Å². The van der Waals surface area contributed by atoms with E-state index in [4.69, 9.17) is 9.84 Å². The van der Waals surface area contributed by atoms with Gasteiger partial charge in [-0.1, -0.05) is 13.3 Å².